The maximum Gasteiger partial charge on any atom is 0.245 e. The quantitative estimate of drug-likeness (QED) is 0.276. The number of rotatable bonds is 10. The predicted octanol–water partition coefficient (Wildman–Crippen LogP) is 4.45. The van der Waals surface area contributed by atoms with E-state index < -0.39 is 16.1 Å². The fourth-order valence-corrected chi connectivity index (χ4v) is 7.57. The average Bonchev–Trinajstić information content (AvgIpc) is 3.65. The molecule has 13 heteroatoms. The summed E-state index contributed by atoms with van der Waals surface area (Å²) >= 11 is 13.2. The number of fused-ring (bicyclic) bond motifs is 1. The molecule has 1 atom stereocenters. The molecule has 42 heavy (non-hydrogen) atoms. The van der Waals surface area contributed by atoms with E-state index in [1.165, 1.54) is 16.4 Å². The normalized spacial score (nSPS) is 15.9. The summed E-state index contributed by atoms with van der Waals surface area (Å²) in [4.78, 5) is 23.6. The van der Waals surface area contributed by atoms with E-state index in [-0.39, 0.29) is 34.0 Å². The number of amides is 1. The first-order valence-electron chi connectivity index (χ1n) is 13.5. The van der Waals surface area contributed by atoms with E-state index in [0.29, 0.717) is 42.8 Å². The predicted molar refractivity (Wildman–Crippen MR) is 163 cm³/mol. The first-order valence-corrected chi connectivity index (χ1v) is 15.7. The van der Waals surface area contributed by atoms with Crippen molar-refractivity contribution in [1.82, 2.24) is 29.1 Å². The van der Waals surface area contributed by atoms with Crippen LogP contribution in [0.15, 0.2) is 60.0 Å². The van der Waals surface area contributed by atoms with Crippen LogP contribution in [0, 0.1) is 6.92 Å². The van der Waals surface area contributed by atoms with Crippen LogP contribution in [0.25, 0.3) is 16.6 Å². The van der Waals surface area contributed by atoms with Crippen LogP contribution in [0.4, 0.5) is 0 Å². The van der Waals surface area contributed by atoms with Crippen molar-refractivity contribution in [1.29, 1.82) is 0 Å². The monoisotopic (exact) mass is 630 g/mol. The number of hydrogen-bond acceptors (Lipinski definition) is 7. The van der Waals surface area contributed by atoms with Crippen molar-refractivity contribution >= 4 is 50.0 Å². The first-order chi connectivity index (χ1) is 20.1. The molecule has 2 aromatic carbocycles. The number of nitrogens with zero attached hydrogens (tertiary/aromatic N) is 5. The average molecular weight is 632 g/mol. The Morgan fingerprint density at radius 3 is 2.76 bits per heavy atom. The summed E-state index contributed by atoms with van der Waals surface area (Å²) in [5.41, 5.74) is 2.65. The highest BCUT2D eigenvalue weighted by Gasteiger charge is 2.40. The third kappa shape index (κ3) is 6.11. The third-order valence-electron chi connectivity index (χ3n) is 7.17. The third-order valence-corrected chi connectivity index (χ3v) is 10.0. The molecule has 5 rings (SSSR count). The van der Waals surface area contributed by atoms with Crippen LogP contribution in [0.5, 0.6) is 5.75 Å². The smallest absolute Gasteiger partial charge is 0.245 e. The molecule has 0 spiro atoms. The number of carbonyl (C=O) groups is 1. The number of pyridine rings is 1. The van der Waals surface area contributed by atoms with E-state index in [2.05, 4.69) is 10.3 Å². The molecule has 0 saturated carbocycles. The Bertz CT molecular complexity index is 1710. The number of sulfonamides is 1. The van der Waals surface area contributed by atoms with Crippen LogP contribution in [0.2, 0.25) is 10.0 Å². The maximum atomic E-state index is 13.8. The highest BCUT2D eigenvalue weighted by atomic mass is 35.5. The lowest BCUT2D eigenvalue weighted by Crippen LogP contribution is -2.47. The molecule has 1 aliphatic heterocycles. The van der Waals surface area contributed by atoms with E-state index >= 15 is 0 Å². The molecular weight excluding hydrogens is 599 g/mol. The Balaban J connectivity index is 1.42. The molecule has 0 unspecified atom stereocenters. The van der Waals surface area contributed by atoms with E-state index in [1.54, 1.807) is 18.6 Å². The number of aromatic nitrogens is 3. The van der Waals surface area contributed by atoms with Gasteiger partial charge in [0.05, 0.1) is 17.0 Å². The molecule has 1 N–H and O–H groups in total. The van der Waals surface area contributed by atoms with Gasteiger partial charge in [-0.25, -0.2) is 18.4 Å². The number of carbonyl (C=O) groups excluding carboxylic acids is 1. The maximum absolute atomic E-state index is 13.8. The minimum Gasteiger partial charge on any atom is -0.487 e. The molecule has 1 saturated heterocycles. The summed E-state index contributed by atoms with van der Waals surface area (Å²) in [7, 11) is -0.300. The van der Waals surface area contributed by atoms with Gasteiger partial charge in [0.1, 0.15) is 28.8 Å². The topological polar surface area (TPSA) is 110 Å². The summed E-state index contributed by atoms with van der Waals surface area (Å²) < 4.78 is 36.9. The van der Waals surface area contributed by atoms with Crippen LogP contribution >= 0.6 is 23.2 Å². The SMILES string of the molecule is Cc1cc(-n2ccnc2)c2cccc(OCc3c(Cl)ccc(S(=O)(=O)N4CCC[C@H]4C(=O)NCCN(C)C)c3Cl)c2n1. The van der Waals surface area contributed by atoms with Gasteiger partial charge in [0.2, 0.25) is 15.9 Å². The number of ether oxygens (including phenoxy) is 1. The van der Waals surface area contributed by atoms with Crippen molar-refractivity contribution in [3.8, 4) is 11.4 Å². The van der Waals surface area contributed by atoms with Crippen LogP contribution < -0.4 is 10.1 Å². The van der Waals surface area contributed by atoms with Gasteiger partial charge in [-0.2, -0.15) is 4.31 Å². The Morgan fingerprint density at radius 2 is 2.02 bits per heavy atom. The largest absolute Gasteiger partial charge is 0.487 e. The van der Waals surface area contributed by atoms with E-state index in [4.69, 9.17) is 32.9 Å². The second-order valence-electron chi connectivity index (χ2n) is 10.4. The number of aryl methyl sites for hydroxylation is 1. The second-order valence-corrected chi connectivity index (χ2v) is 13.0. The van der Waals surface area contributed by atoms with Gasteiger partial charge in [-0.1, -0.05) is 35.3 Å². The molecule has 3 heterocycles. The Hall–Kier alpha value is -3.22. The molecule has 1 aliphatic rings. The van der Waals surface area contributed by atoms with Crippen LogP contribution in [-0.4, -0.2) is 77.8 Å². The molecule has 0 bridgehead atoms. The fraction of sp³-hybridized carbons (Fsp3) is 0.345. The van der Waals surface area contributed by atoms with Gasteiger partial charge >= 0.3 is 0 Å². The summed E-state index contributed by atoms with van der Waals surface area (Å²) in [6.45, 7) is 3.09. The van der Waals surface area contributed by atoms with Gasteiger partial charge in [0.25, 0.3) is 0 Å². The highest BCUT2D eigenvalue weighted by molar-refractivity contribution is 7.89. The molecule has 1 amide bonds. The van der Waals surface area contributed by atoms with E-state index in [0.717, 1.165) is 16.8 Å². The van der Waals surface area contributed by atoms with Gasteiger partial charge in [-0.15, -0.1) is 0 Å². The Labute approximate surface area is 255 Å². The Kier molecular flexibility index (Phi) is 9.05. The van der Waals surface area contributed by atoms with Crippen molar-refractivity contribution in [2.24, 2.45) is 0 Å². The van der Waals surface area contributed by atoms with Crippen LogP contribution in [0.3, 0.4) is 0 Å². The number of hydrogen-bond donors (Lipinski definition) is 1. The molecule has 0 radical (unpaired) electrons. The van der Waals surface area contributed by atoms with Gasteiger partial charge in [-0.3, -0.25) is 4.79 Å². The molecule has 222 valence electrons. The first kappa shape index (κ1) is 30.2. The molecule has 10 nitrogen and oxygen atoms in total. The van der Waals surface area contributed by atoms with Gasteiger partial charge in [0, 0.05) is 53.7 Å². The molecule has 1 fully saturated rings. The number of benzene rings is 2. The van der Waals surface area contributed by atoms with Gasteiger partial charge in [0.15, 0.2) is 0 Å². The number of likely N-dealkylation sites (N-methyl/N-ethyl adjacent to an activating group) is 1. The molecule has 4 aromatic rings. The van der Waals surface area contributed by atoms with Gasteiger partial charge in [-0.05, 0) is 58.1 Å². The summed E-state index contributed by atoms with van der Waals surface area (Å²) in [6, 6.07) is 9.62. The van der Waals surface area contributed by atoms with E-state index in [9.17, 15) is 13.2 Å². The number of imidazole rings is 1. The van der Waals surface area contributed by atoms with Crippen molar-refractivity contribution in [2.75, 3.05) is 33.7 Å². The second kappa shape index (κ2) is 12.6. The fourth-order valence-electron chi connectivity index (χ4n) is 5.05. The minimum atomic E-state index is -4.10. The minimum absolute atomic E-state index is 0.0374. The zero-order valence-corrected chi connectivity index (χ0v) is 25.9. The summed E-state index contributed by atoms with van der Waals surface area (Å²) in [5.74, 6) is 0.173. The highest BCUT2D eigenvalue weighted by Crippen LogP contribution is 2.37. The number of nitrogens with one attached hydrogen (secondary N) is 1. The number of halogens is 2. The number of para-hydroxylation sites is 1. The zero-order chi connectivity index (χ0) is 30.0. The van der Waals surface area contributed by atoms with Crippen LogP contribution in [-0.2, 0) is 21.4 Å². The van der Waals surface area contributed by atoms with Gasteiger partial charge < -0.3 is 19.5 Å². The lowest BCUT2D eigenvalue weighted by atomic mass is 10.1. The Morgan fingerprint density at radius 1 is 1.21 bits per heavy atom. The van der Waals surface area contributed by atoms with E-state index in [1.807, 2.05) is 54.9 Å². The zero-order valence-electron chi connectivity index (χ0n) is 23.5. The summed E-state index contributed by atoms with van der Waals surface area (Å²) in [5, 5.41) is 3.93. The lowest BCUT2D eigenvalue weighted by Gasteiger charge is -2.25. The van der Waals surface area contributed by atoms with Crippen LogP contribution in [0.1, 0.15) is 24.1 Å². The molecule has 0 aliphatic carbocycles. The van der Waals surface area contributed by atoms with Crippen molar-refractivity contribution in [2.45, 2.75) is 37.3 Å². The molecule has 2 aromatic heterocycles. The molecular formula is C29H32Cl2N6O4S. The van der Waals surface area contributed by atoms with Crippen molar-refractivity contribution in [3.05, 3.63) is 76.4 Å². The summed E-state index contributed by atoms with van der Waals surface area (Å²) in [6.07, 6.45) is 6.27. The standard InChI is InChI=1S/C29H32Cl2N6O4S/c1-19-16-24(36-15-11-32-18-36)20-6-4-8-25(28(20)34-19)41-17-21-22(30)9-10-26(27(21)31)42(39,40)37-13-5-7-23(37)29(38)33-12-14-35(2)3/h4,6,8-11,15-16,18,23H,5,7,12-14,17H2,1-3H3,(H,33,38)/t23-/m0/s1. The van der Waals surface area contributed by atoms with Crippen molar-refractivity contribution < 1.29 is 17.9 Å². The van der Waals surface area contributed by atoms with Crippen molar-refractivity contribution in [3.63, 3.8) is 0 Å². The lowest BCUT2D eigenvalue weighted by molar-refractivity contribution is -0.124.